The molecule has 3 nitrogen and oxygen atoms in total. The highest BCUT2D eigenvalue weighted by Gasteiger charge is 2.20. The molecule has 1 fully saturated rings. The second kappa shape index (κ2) is 2.44. The fourth-order valence-electron chi connectivity index (χ4n) is 0.690. The number of rotatable bonds is 1. The summed E-state index contributed by atoms with van der Waals surface area (Å²) in [4.78, 5) is 0. The topological polar surface area (TPSA) is 44.5 Å². The van der Waals surface area contributed by atoms with Gasteiger partial charge in [0.2, 0.25) is 0 Å². The number of nitrogens with two attached hydrogens (primary N) is 1. The van der Waals surface area contributed by atoms with Gasteiger partial charge in [0.15, 0.2) is 6.29 Å². The van der Waals surface area contributed by atoms with E-state index in [9.17, 15) is 0 Å². The summed E-state index contributed by atoms with van der Waals surface area (Å²) in [7, 11) is 0. The van der Waals surface area contributed by atoms with Gasteiger partial charge in [-0.15, -0.1) is 0 Å². The zero-order chi connectivity index (χ0) is 5.98. The van der Waals surface area contributed by atoms with Gasteiger partial charge in [-0.25, -0.2) is 0 Å². The van der Waals surface area contributed by atoms with E-state index >= 15 is 0 Å². The summed E-state index contributed by atoms with van der Waals surface area (Å²) >= 11 is 0. The van der Waals surface area contributed by atoms with E-state index in [2.05, 4.69) is 0 Å². The lowest BCUT2D eigenvalue weighted by Crippen LogP contribution is -2.22. The van der Waals surface area contributed by atoms with Crippen molar-refractivity contribution < 1.29 is 9.47 Å². The normalized spacial score (nSPS) is 38.2. The van der Waals surface area contributed by atoms with Crippen molar-refractivity contribution in [2.45, 2.75) is 25.9 Å². The molecule has 1 saturated heterocycles. The summed E-state index contributed by atoms with van der Waals surface area (Å²) in [6.07, 6.45) is 0.637. The maximum atomic E-state index is 5.35. The van der Waals surface area contributed by atoms with Gasteiger partial charge in [-0.3, -0.25) is 0 Å². The van der Waals surface area contributed by atoms with Crippen LogP contribution in [0.3, 0.4) is 0 Å². The van der Waals surface area contributed by atoms with Gasteiger partial charge in [0.25, 0.3) is 0 Å². The molecule has 0 amide bonds. The van der Waals surface area contributed by atoms with Crippen molar-refractivity contribution in [3.8, 4) is 0 Å². The highest BCUT2D eigenvalue weighted by molar-refractivity contribution is 4.55. The van der Waals surface area contributed by atoms with Gasteiger partial charge < -0.3 is 15.2 Å². The molecular formula is C5H11NO2. The Morgan fingerprint density at radius 1 is 1.75 bits per heavy atom. The molecule has 1 aliphatic rings. The molecule has 1 aliphatic heterocycles. The first-order valence-electron chi connectivity index (χ1n) is 2.85. The molecule has 1 heterocycles. The Labute approximate surface area is 48.8 Å². The summed E-state index contributed by atoms with van der Waals surface area (Å²) in [5.74, 6) is 0. The molecule has 3 heteroatoms. The predicted molar refractivity (Wildman–Crippen MR) is 29.1 cm³/mol. The lowest BCUT2D eigenvalue weighted by Gasteiger charge is -2.03. The van der Waals surface area contributed by atoms with Gasteiger partial charge in [-0.1, -0.05) is 6.92 Å². The Balaban J connectivity index is 2.22. The molecule has 2 unspecified atom stereocenters. The first kappa shape index (κ1) is 6.01. The first-order valence-corrected chi connectivity index (χ1v) is 2.85. The van der Waals surface area contributed by atoms with Gasteiger partial charge in [-0.2, -0.15) is 0 Å². The monoisotopic (exact) mass is 117 g/mol. The third-order valence-electron chi connectivity index (χ3n) is 1.11. The van der Waals surface area contributed by atoms with Crippen LogP contribution in [0.2, 0.25) is 0 Å². The van der Waals surface area contributed by atoms with E-state index in [1.54, 1.807) is 0 Å². The van der Waals surface area contributed by atoms with Crippen molar-refractivity contribution in [2.24, 2.45) is 5.73 Å². The minimum atomic E-state index is -0.194. The number of hydrogen-bond acceptors (Lipinski definition) is 3. The lowest BCUT2D eigenvalue weighted by molar-refractivity contribution is -0.0574. The van der Waals surface area contributed by atoms with Gasteiger partial charge in [0.1, 0.15) is 6.23 Å². The maximum Gasteiger partial charge on any atom is 0.159 e. The van der Waals surface area contributed by atoms with E-state index in [0.29, 0.717) is 6.61 Å². The highest BCUT2D eigenvalue weighted by atomic mass is 16.7. The van der Waals surface area contributed by atoms with Crippen LogP contribution in [0.1, 0.15) is 13.3 Å². The number of hydrogen-bond donors (Lipinski definition) is 1. The largest absolute Gasteiger partial charge is 0.348 e. The van der Waals surface area contributed by atoms with Gasteiger partial charge >= 0.3 is 0 Å². The summed E-state index contributed by atoms with van der Waals surface area (Å²) in [5.41, 5.74) is 5.35. The van der Waals surface area contributed by atoms with Crippen LogP contribution in [0.4, 0.5) is 0 Å². The molecular weight excluding hydrogens is 106 g/mol. The Bertz CT molecular complexity index is 76.8. The van der Waals surface area contributed by atoms with Crippen molar-refractivity contribution in [3.05, 3.63) is 0 Å². The Morgan fingerprint density at radius 3 is 2.75 bits per heavy atom. The molecule has 0 radical (unpaired) electrons. The van der Waals surface area contributed by atoms with Crippen LogP contribution in [0.15, 0.2) is 0 Å². The molecule has 1 rings (SSSR count). The molecule has 2 atom stereocenters. The Morgan fingerprint density at radius 2 is 2.50 bits per heavy atom. The van der Waals surface area contributed by atoms with E-state index in [-0.39, 0.29) is 12.5 Å². The minimum Gasteiger partial charge on any atom is -0.348 e. The van der Waals surface area contributed by atoms with Crippen LogP contribution in [-0.4, -0.2) is 19.1 Å². The Hall–Kier alpha value is -0.120. The van der Waals surface area contributed by atoms with Crippen molar-refractivity contribution >= 4 is 0 Å². The molecule has 48 valence electrons. The average molecular weight is 117 g/mol. The van der Waals surface area contributed by atoms with Crippen LogP contribution in [-0.2, 0) is 9.47 Å². The molecule has 0 spiro atoms. The maximum absolute atomic E-state index is 5.35. The molecule has 0 saturated carbocycles. The van der Waals surface area contributed by atoms with Crippen molar-refractivity contribution in [1.29, 1.82) is 0 Å². The first-order chi connectivity index (χ1) is 3.83. The molecule has 0 aliphatic carbocycles. The molecule has 8 heavy (non-hydrogen) atoms. The van der Waals surface area contributed by atoms with Crippen LogP contribution >= 0.6 is 0 Å². The third-order valence-corrected chi connectivity index (χ3v) is 1.11. The Kier molecular flexibility index (Phi) is 1.83. The third kappa shape index (κ3) is 1.18. The van der Waals surface area contributed by atoms with E-state index in [0.717, 1.165) is 6.42 Å². The smallest absolute Gasteiger partial charge is 0.159 e. The van der Waals surface area contributed by atoms with Crippen LogP contribution < -0.4 is 5.73 Å². The van der Waals surface area contributed by atoms with Crippen LogP contribution in [0, 0.1) is 0 Å². The van der Waals surface area contributed by atoms with Gasteiger partial charge in [-0.05, 0) is 6.42 Å². The highest BCUT2D eigenvalue weighted by Crippen LogP contribution is 2.09. The zero-order valence-electron chi connectivity index (χ0n) is 4.96. The van der Waals surface area contributed by atoms with Crippen molar-refractivity contribution in [3.63, 3.8) is 0 Å². The predicted octanol–water partition coefficient (Wildman–Crippen LogP) is 0.0541. The second-order valence-electron chi connectivity index (χ2n) is 1.85. The lowest BCUT2D eigenvalue weighted by atomic mass is 10.5. The second-order valence-corrected chi connectivity index (χ2v) is 1.85. The molecule has 0 bridgehead atoms. The van der Waals surface area contributed by atoms with E-state index in [4.69, 9.17) is 15.2 Å². The molecule has 0 aromatic carbocycles. The average Bonchev–Trinajstić information content (AvgIpc) is 2.14. The summed E-state index contributed by atoms with van der Waals surface area (Å²) in [6.45, 7) is 2.54. The van der Waals surface area contributed by atoms with Crippen LogP contribution in [0.5, 0.6) is 0 Å². The number of ether oxygens (including phenoxy) is 2. The summed E-state index contributed by atoms with van der Waals surface area (Å²) in [5, 5.41) is 0. The SMILES string of the molecule is CCC1OCC(N)O1. The van der Waals surface area contributed by atoms with E-state index in [1.165, 1.54) is 0 Å². The summed E-state index contributed by atoms with van der Waals surface area (Å²) < 4.78 is 10.1. The van der Waals surface area contributed by atoms with E-state index in [1.807, 2.05) is 6.92 Å². The van der Waals surface area contributed by atoms with Gasteiger partial charge in [0.05, 0.1) is 6.61 Å². The van der Waals surface area contributed by atoms with Crippen molar-refractivity contribution in [1.82, 2.24) is 0 Å². The standard InChI is InChI=1S/C5H11NO2/c1-2-5-7-3-4(6)8-5/h4-5H,2-3,6H2,1H3. The zero-order valence-corrected chi connectivity index (χ0v) is 4.96. The van der Waals surface area contributed by atoms with E-state index < -0.39 is 0 Å². The fourth-order valence-corrected chi connectivity index (χ4v) is 0.690. The van der Waals surface area contributed by atoms with Crippen molar-refractivity contribution in [2.75, 3.05) is 6.61 Å². The van der Waals surface area contributed by atoms with Crippen LogP contribution in [0.25, 0.3) is 0 Å². The summed E-state index contributed by atoms with van der Waals surface area (Å²) in [6, 6.07) is 0. The minimum absolute atomic E-state index is 0.0509. The fraction of sp³-hybridized carbons (Fsp3) is 1.00. The quantitative estimate of drug-likeness (QED) is 0.528. The molecule has 0 aromatic heterocycles. The molecule has 2 N–H and O–H groups in total. The van der Waals surface area contributed by atoms with Gasteiger partial charge in [0, 0.05) is 0 Å². The molecule has 0 aromatic rings.